The minimum atomic E-state index is -0.605. The minimum absolute atomic E-state index is 0.00435. The highest BCUT2D eigenvalue weighted by molar-refractivity contribution is 6.06. The molecule has 4 N–H and O–H groups in total. The summed E-state index contributed by atoms with van der Waals surface area (Å²) in [6.07, 6.45) is 2.88. The van der Waals surface area contributed by atoms with Crippen molar-refractivity contribution in [1.82, 2.24) is 4.98 Å². The predicted octanol–water partition coefficient (Wildman–Crippen LogP) is 1.58. The monoisotopic (exact) mass is 337 g/mol. The lowest BCUT2D eigenvalue weighted by molar-refractivity contribution is -0.121. The second-order valence-electron chi connectivity index (χ2n) is 6.46. The number of hydrogen-bond donors (Lipinski definition) is 3. The summed E-state index contributed by atoms with van der Waals surface area (Å²) in [6.45, 7) is 1.33. The number of nitrogens with two attached hydrogens (primary N) is 1. The van der Waals surface area contributed by atoms with Gasteiger partial charge in [0, 0.05) is 24.8 Å². The van der Waals surface area contributed by atoms with Crippen LogP contribution in [0.1, 0.15) is 23.2 Å². The lowest BCUT2D eigenvalue weighted by atomic mass is 9.84. The van der Waals surface area contributed by atoms with Gasteiger partial charge in [-0.3, -0.25) is 9.59 Å². The molecule has 0 aliphatic carbocycles. The first kappa shape index (κ1) is 15.4. The van der Waals surface area contributed by atoms with Crippen LogP contribution in [-0.4, -0.2) is 35.4 Å². The number of primary amides is 1. The highest BCUT2D eigenvalue weighted by atomic mass is 16.2. The number of rotatable bonds is 2. The molecular formula is C18H19N5O2. The predicted molar refractivity (Wildman–Crippen MR) is 95.6 cm³/mol. The molecule has 0 unspecified atom stereocenters. The van der Waals surface area contributed by atoms with E-state index in [0.29, 0.717) is 37.3 Å². The van der Waals surface area contributed by atoms with Gasteiger partial charge in [0.2, 0.25) is 11.8 Å². The Labute approximate surface area is 145 Å². The third-order valence-corrected chi connectivity index (χ3v) is 4.95. The van der Waals surface area contributed by atoms with Gasteiger partial charge >= 0.3 is 0 Å². The summed E-state index contributed by atoms with van der Waals surface area (Å²) >= 11 is 0. The minimum Gasteiger partial charge on any atom is -0.369 e. The number of amides is 2. The average molecular weight is 337 g/mol. The van der Waals surface area contributed by atoms with E-state index in [1.165, 1.54) is 0 Å². The molecule has 128 valence electrons. The summed E-state index contributed by atoms with van der Waals surface area (Å²) < 4.78 is 0. The third-order valence-electron chi connectivity index (χ3n) is 4.95. The number of benzene rings is 1. The van der Waals surface area contributed by atoms with Crippen LogP contribution in [0.4, 0.5) is 17.2 Å². The van der Waals surface area contributed by atoms with Crippen LogP contribution < -0.4 is 21.3 Å². The first-order valence-corrected chi connectivity index (χ1v) is 8.27. The fourth-order valence-electron chi connectivity index (χ4n) is 3.47. The van der Waals surface area contributed by atoms with Crippen LogP contribution in [-0.2, 0) is 4.79 Å². The van der Waals surface area contributed by atoms with Crippen molar-refractivity contribution in [3.63, 3.8) is 0 Å². The average Bonchev–Trinajstić information content (AvgIpc) is 2.63. The highest BCUT2D eigenvalue weighted by Crippen LogP contribution is 2.36. The maximum absolute atomic E-state index is 12.7. The van der Waals surface area contributed by atoms with Gasteiger partial charge in [0.05, 0.1) is 11.4 Å². The SMILES string of the molecule is NC(=O)c1ccnc(N2CCC3(CC2)Nc2ccccc2NC3=O)c1. The van der Waals surface area contributed by atoms with Crippen molar-refractivity contribution < 1.29 is 9.59 Å². The molecule has 1 fully saturated rings. The molecule has 1 spiro atoms. The molecule has 4 rings (SSSR count). The topological polar surface area (TPSA) is 100 Å². The zero-order valence-electron chi connectivity index (χ0n) is 13.7. The van der Waals surface area contributed by atoms with Gasteiger partial charge in [-0.1, -0.05) is 12.1 Å². The molecule has 25 heavy (non-hydrogen) atoms. The quantitative estimate of drug-likeness (QED) is 0.772. The van der Waals surface area contributed by atoms with Crippen LogP contribution in [0.5, 0.6) is 0 Å². The van der Waals surface area contributed by atoms with E-state index in [2.05, 4.69) is 20.5 Å². The molecule has 2 aliphatic heterocycles. The van der Waals surface area contributed by atoms with Gasteiger partial charge in [-0.05, 0) is 37.1 Å². The molecule has 1 aromatic carbocycles. The zero-order chi connectivity index (χ0) is 17.4. The molecule has 2 aromatic rings. The number of pyridine rings is 1. The molecule has 1 saturated heterocycles. The van der Waals surface area contributed by atoms with Crippen molar-refractivity contribution in [3.8, 4) is 0 Å². The lowest BCUT2D eigenvalue weighted by Crippen LogP contribution is -2.58. The second-order valence-corrected chi connectivity index (χ2v) is 6.46. The molecule has 7 heteroatoms. The van der Waals surface area contributed by atoms with Crippen molar-refractivity contribution in [2.45, 2.75) is 18.4 Å². The van der Waals surface area contributed by atoms with Crippen molar-refractivity contribution in [2.75, 3.05) is 28.6 Å². The molecule has 3 heterocycles. The fraction of sp³-hybridized carbons (Fsp3) is 0.278. The van der Waals surface area contributed by atoms with Crippen LogP contribution in [0.3, 0.4) is 0 Å². The van der Waals surface area contributed by atoms with Gasteiger partial charge in [0.25, 0.3) is 0 Å². The summed E-state index contributed by atoms with van der Waals surface area (Å²) in [5, 5.41) is 6.43. The summed E-state index contributed by atoms with van der Waals surface area (Å²) in [4.78, 5) is 30.4. The molecule has 7 nitrogen and oxygen atoms in total. The van der Waals surface area contributed by atoms with Crippen LogP contribution in [0.25, 0.3) is 0 Å². The Bertz CT molecular complexity index is 843. The Morgan fingerprint density at radius 1 is 1.16 bits per heavy atom. The summed E-state index contributed by atoms with van der Waals surface area (Å²) in [5.74, 6) is 0.245. The number of para-hydroxylation sites is 2. The smallest absolute Gasteiger partial charge is 0.250 e. The molecule has 0 saturated carbocycles. The van der Waals surface area contributed by atoms with E-state index in [0.717, 1.165) is 11.4 Å². The summed E-state index contributed by atoms with van der Waals surface area (Å²) in [6, 6.07) is 11.0. The number of piperidine rings is 1. The van der Waals surface area contributed by atoms with Gasteiger partial charge in [-0.2, -0.15) is 0 Å². The molecule has 0 atom stereocenters. The highest BCUT2D eigenvalue weighted by Gasteiger charge is 2.44. The Balaban J connectivity index is 1.53. The maximum atomic E-state index is 12.7. The van der Waals surface area contributed by atoms with E-state index >= 15 is 0 Å². The molecule has 1 aromatic heterocycles. The van der Waals surface area contributed by atoms with Crippen molar-refractivity contribution >= 4 is 29.0 Å². The van der Waals surface area contributed by atoms with Crippen LogP contribution in [0, 0.1) is 0 Å². The van der Waals surface area contributed by atoms with Gasteiger partial charge in [-0.15, -0.1) is 0 Å². The van der Waals surface area contributed by atoms with Crippen LogP contribution >= 0.6 is 0 Å². The Morgan fingerprint density at radius 3 is 2.60 bits per heavy atom. The second kappa shape index (κ2) is 5.77. The van der Waals surface area contributed by atoms with Crippen LogP contribution in [0.15, 0.2) is 42.6 Å². The van der Waals surface area contributed by atoms with Crippen LogP contribution in [0.2, 0.25) is 0 Å². The van der Waals surface area contributed by atoms with E-state index < -0.39 is 11.4 Å². The molecule has 0 bridgehead atoms. The number of carbonyl (C=O) groups is 2. The standard InChI is InChI=1S/C18H19N5O2/c19-16(24)12-5-8-20-15(11-12)23-9-6-18(7-10-23)17(25)21-13-3-1-2-4-14(13)22-18/h1-5,8,11,22H,6-7,9-10H2,(H2,19,24)(H,21,25). The number of fused-ring (bicyclic) bond motifs is 1. The van der Waals surface area contributed by atoms with Gasteiger partial charge in [-0.25, -0.2) is 4.98 Å². The number of anilines is 3. The van der Waals surface area contributed by atoms with Gasteiger partial charge < -0.3 is 21.3 Å². The van der Waals surface area contributed by atoms with Gasteiger partial charge in [0.15, 0.2) is 0 Å². The van der Waals surface area contributed by atoms with Crippen molar-refractivity contribution in [2.24, 2.45) is 5.73 Å². The number of nitrogens with one attached hydrogen (secondary N) is 2. The van der Waals surface area contributed by atoms with E-state index in [4.69, 9.17) is 5.73 Å². The maximum Gasteiger partial charge on any atom is 0.250 e. The fourth-order valence-corrected chi connectivity index (χ4v) is 3.47. The van der Waals surface area contributed by atoms with E-state index in [1.807, 2.05) is 24.3 Å². The lowest BCUT2D eigenvalue weighted by Gasteiger charge is -2.44. The normalized spacial score (nSPS) is 18.2. The van der Waals surface area contributed by atoms with E-state index in [-0.39, 0.29) is 5.91 Å². The zero-order valence-corrected chi connectivity index (χ0v) is 13.7. The number of carbonyl (C=O) groups excluding carboxylic acids is 2. The molecule has 2 aliphatic rings. The summed E-state index contributed by atoms with van der Waals surface area (Å²) in [5.41, 5.74) is 6.94. The van der Waals surface area contributed by atoms with Gasteiger partial charge in [0.1, 0.15) is 11.4 Å². The molecule has 0 radical (unpaired) electrons. The van der Waals surface area contributed by atoms with E-state index in [9.17, 15) is 9.59 Å². The molecular weight excluding hydrogens is 318 g/mol. The first-order valence-electron chi connectivity index (χ1n) is 8.27. The number of nitrogens with zero attached hydrogens (tertiary/aromatic N) is 2. The third kappa shape index (κ3) is 2.67. The van der Waals surface area contributed by atoms with E-state index in [1.54, 1.807) is 18.3 Å². The van der Waals surface area contributed by atoms with Crippen molar-refractivity contribution in [3.05, 3.63) is 48.2 Å². The summed E-state index contributed by atoms with van der Waals surface area (Å²) in [7, 11) is 0. The largest absolute Gasteiger partial charge is 0.369 e. The Kier molecular flexibility index (Phi) is 3.56. The van der Waals surface area contributed by atoms with Crippen molar-refractivity contribution in [1.29, 1.82) is 0 Å². The molecule has 2 amide bonds. The Morgan fingerprint density at radius 2 is 1.88 bits per heavy atom. The number of hydrogen-bond acceptors (Lipinski definition) is 5. The first-order chi connectivity index (χ1) is 12.1. The Hall–Kier alpha value is -3.09. The number of aromatic nitrogens is 1.